The first-order valence-electron chi connectivity index (χ1n) is 9.86. The number of urea groups is 1. The van der Waals surface area contributed by atoms with Crippen molar-refractivity contribution in [3.05, 3.63) is 60.2 Å². The predicted octanol–water partition coefficient (Wildman–Crippen LogP) is 3.74. The van der Waals surface area contributed by atoms with Gasteiger partial charge in [0.1, 0.15) is 0 Å². The molecule has 0 aliphatic carbocycles. The maximum atomic E-state index is 11.9. The van der Waals surface area contributed by atoms with Crippen LogP contribution in [0.1, 0.15) is 24.8 Å². The molecule has 0 radical (unpaired) electrons. The molecule has 2 amide bonds. The Kier molecular flexibility index (Phi) is 7.11. The first kappa shape index (κ1) is 19.2. The molecule has 0 bridgehead atoms. The van der Waals surface area contributed by atoms with Crippen LogP contribution in [-0.4, -0.2) is 37.1 Å². The molecule has 1 aliphatic heterocycles. The summed E-state index contributed by atoms with van der Waals surface area (Å²) in [6.45, 7) is 4.04. The van der Waals surface area contributed by atoms with Crippen molar-refractivity contribution in [1.29, 1.82) is 0 Å². The highest BCUT2D eigenvalue weighted by molar-refractivity contribution is 5.89. The molecule has 0 unspecified atom stereocenters. The van der Waals surface area contributed by atoms with E-state index in [1.165, 1.54) is 24.8 Å². The van der Waals surface area contributed by atoms with Gasteiger partial charge in [-0.3, -0.25) is 0 Å². The summed E-state index contributed by atoms with van der Waals surface area (Å²) in [5.74, 6) is 0.797. The van der Waals surface area contributed by atoms with Crippen LogP contribution in [0, 0.1) is 5.92 Å². The maximum absolute atomic E-state index is 11.9. The van der Waals surface area contributed by atoms with E-state index in [-0.39, 0.29) is 6.03 Å². The van der Waals surface area contributed by atoms with E-state index in [0.29, 0.717) is 17.9 Å². The van der Waals surface area contributed by atoms with Gasteiger partial charge in [-0.05, 0) is 75.0 Å². The molecule has 1 saturated heterocycles. The third-order valence-corrected chi connectivity index (χ3v) is 5.16. The van der Waals surface area contributed by atoms with Crippen LogP contribution in [0.3, 0.4) is 0 Å². The molecule has 4 N–H and O–H groups in total. The van der Waals surface area contributed by atoms with Gasteiger partial charge < -0.3 is 21.3 Å². The number of rotatable bonds is 7. The van der Waals surface area contributed by atoms with E-state index in [1.807, 2.05) is 12.1 Å². The number of piperidine rings is 1. The SMILES string of the molecule is Nc1cccc(NC(=O)NCCCN2CCC(Cc3ccccc3)CC2)c1. The second-order valence-corrected chi connectivity index (χ2v) is 7.33. The first-order valence-corrected chi connectivity index (χ1v) is 9.86. The third kappa shape index (κ3) is 6.61. The number of nitrogens with one attached hydrogen (secondary N) is 2. The summed E-state index contributed by atoms with van der Waals surface area (Å²) in [5.41, 5.74) is 8.52. The Morgan fingerprint density at radius 1 is 1.07 bits per heavy atom. The molecule has 1 fully saturated rings. The predicted molar refractivity (Wildman–Crippen MR) is 112 cm³/mol. The number of carbonyl (C=O) groups is 1. The molecule has 3 rings (SSSR count). The van der Waals surface area contributed by atoms with Crippen LogP contribution in [0.4, 0.5) is 16.2 Å². The minimum absolute atomic E-state index is 0.179. The molecular formula is C22H30N4O. The van der Waals surface area contributed by atoms with E-state index in [9.17, 15) is 4.79 Å². The van der Waals surface area contributed by atoms with Crippen molar-refractivity contribution >= 4 is 17.4 Å². The molecule has 144 valence electrons. The van der Waals surface area contributed by atoms with Crippen molar-refractivity contribution < 1.29 is 4.79 Å². The second kappa shape index (κ2) is 9.97. The van der Waals surface area contributed by atoms with Crippen molar-refractivity contribution in [3.8, 4) is 0 Å². The minimum atomic E-state index is -0.179. The molecule has 0 aromatic heterocycles. The number of benzene rings is 2. The number of anilines is 2. The highest BCUT2D eigenvalue weighted by Gasteiger charge is 2.19. The Labute approximate surface area is 161 Å². The quantitative estimate of drug-likeness (QED) is 0.516. The highest BCUT2D eigenvalue weighted by atomic mass is 16.2. The van der Waals surface area contributed by atoms with Gasteiger partial charge in [-0.15, -0.1) is 0 Å². The van der Waals surface area contributed by atoms with Gasteiger partial charge in [0.15, 0.2) is 0 Å². The van der Waals surface area contributed by atoms with Gasteiger partial charge in [0.2, 0.25) is 0 Å². The number of nitrogens with zero attached hydrogens (tertiary/aromatic N) is 1. The number of likely N-dealkylation sites (tertiary alicyclic amines) is 1. The van der Waals surface area contributed by atoms with Crippen LogP contribution in [0.15, 0.2) is 54.6 Å². The molecular weight excluding hydrogens is 336 g/mol. The van der Waals surface area contributed by atoms with Crippen LogP contribution < -0.4 is 16.4 Å². The Bertz CT molecular complexity index is 711. The largest absolute Gasteiger partial charge is 0.399 e. The van der Waals surface area contributed by atoms with Crippen molar-refractivity contribution in [2.24, 2.45) is 5.92 Å². The fraction of sp³-hybridized carbons (Fsp3) is 0.409. The second-order valence-electron chi connectivity index (χ2n) is 7.33. The summed E-state index contributed by atoms with van der Waals surface area (Å²) in [4.78, 5) is 14.4. The molecule has 2 aromatic carbocycles. The van der Waals surface area contributed by atoms with Gasteiger partial charge in [-0.2, -0.15) is 0 Å². The summed E-state index contributed by atoms with van der Waals surface area (Å²) < 4.78 is 0. The molecule has 0 saturated carbocycles. The van der Waals surface area contributed by atoms with Crippen molar-refractivity contribution in [2.45, 2.75) is 25.7 Å². The summed E-state index contributed by atoms with van der Waals surface area (Å²) in [5, 5.41) is 5.72. The molecule has 1 aliphatic rings. The lowest BCUT2D eigenvalue weighted by atomic mass is 9.90. The normalized spacial score (nSPS) is 15.4. The fourth-order valence-corrected chi connectivity index (χ4v) is 3.66. The molecule has 1 heterocycles. The van der Waals surface area contributed by atoms with Gasteiger partial charge in [0.05, 0.1) is 0 Å². The topological polar surface area (TPSA) is 70.4 Å². The zero-order valence-corrected chi connectivity index (χ0v) is 15.9. The summed E-state index contributed by atoms with van der Waals surface area (Å²) in [6.07, 6.45) is 4.69. The maximum Gasteiger partial charge on any atom is 0.319 e. The fourth-order valence-electron chi connectivity index (χ4n) is 3.66. The zero-order chi connectivity index (χ0) is 18.9. The lowest BCUT2D eigenvalue weighted by molar-refractivity contribution is 0.182. The average Bonchev–Trinajstić information content (AvgIpc) is 2.67. The van der Waals surface area contributed by atoms with Gasteiger partial charge in [-0.25, -0.2) is 4.79 Å². The standard InChI is InChI=1S/C22H30N4O/c23-20-8-4-9-21(17-20)25-22(27)24-12-5-13-26-14-10-19(11-15-26)16-18-6-2-1-3-7-18/h1-4,6-9,17,19H,5,10-16,23H2,(H2,24,25,27). The van der Waals surface area contributed by atoms with E-state index in [0.717, 1.165) is 32.0 Å². The number of hydrogen-bond acceptors (Lipinski definition) is 3. The Hall–Kier alpha value is -2.53. The number of hydrogen-bond donors (Lipinski definition) is 3. The minimum Gasteiger partial charge on any atom is -0.399 e. The van der Waals surface area contributed by atoms with E-state index in [2.05, 4.69) is 45.9 Å². The van der Waals surface area contributed by atoms with Gasteiger partial charge in [0.25, 0.3) is 0 Å². The van der Waals surface area contributed by atoms with Gasteiger partial charge >= 0.3 is 6.03 Å². The Balaban J connectivity index is 1.27. The summed E-state index contributed by atoms with van der Waals surface area (Å²) in [7, 11) is 0. The number of amides is 2. The van der Waals surface area contributed by atoms with E-state index >= 15 is 0 Å². The number of carbonyl (C=O) groups excluding carboxylic acids is 1. The average molecular weight is 367 g/mol. The van der Waals surface area contributed by atoms with Crippen LogP contribution >= 0.6 is 0 Å². The number of nitrogens with two attached hydrogens (primary N) is 1. The highest BCUT2D eigenvalue weighted by Crippen LogP contribution is 2.21. The monoisotopic (exact) mass is 366 g/mol. The van der Waals surface area contributed by atoms with Crippen molar-refractivity contribution in [1.82, 2.24) is 10.2 Å². The van der Waals surface area contributed by atoms with Crippen LogP contribution in [-0.2, 0) is 6.42 Å². The third-order valence-electron chi connectivity index (χ3n) is 5.16. The molecule has 2 aromatic rings. The van der Waals surface area contributed by atoms with E-state index in [4.69, 9.17) is 5.73 Å². The lowest BCUT2D eigenvalue weighted by Gasteiger charge is -2.32. The van der Waals surface area contributed by atoms with Gasteiger partial charge in [-0.1, -0.05) is 36.4 Å². The van der Waals surface area contributed by atoms with Crippen molar-refractivity contribution in [3.63, 3.8) is 0 Å². The Morgan fingerprint density at radius 3 is 2.59 bits per heavy atom. The van der Waals surface area contributed by atoms with Crippen LogP contribution in [0.25, 0.3) is 0 Å². The lowest BCUT2D eigenvalue weighted by Crippen LogP contribution is -2.37. The molecule has 27 heavy (non-hydrogen) atoms. The summed E-state index contributed by atoms with van der Waals surface area (Å²) >= 11 is 0. The molecule has 0 atom stereocenters. The molecule has 5 heteroatoms. The zero-order valence-electron chi connectivity index (χ0n) is 15.9. The molecule has 5 nitrogen and oxygen atoms in total. The first-order chi connectivity index (χ1) is 13.2. The van der Waals surface area contributed by atoms with Crippen LogP contribution in [0.2, 0.25) is 0 Å². The van der Waals surface area contributed by atoms with E-state index in [1.54, 1.807) is 12.1 Å². The van der Waals surface area contributed by atoms with Gasteiger partial charge in [0, 0.05) is 17.9 Å². The molecule has 0 spiro atoms. The van der Waals surface area contributed by atoms with Crippen LogP contribution in [0.5, 0.6) is 0 Å². The number of nitrogen functional groups attached to an aromatic ring is 1. The van der Waals surface area contributed by atoms with E-state index < -0.39 is 0 Å². The smallest absolute Gasteiger partial charge is 0.319 e. The van der Waals surface area contributed by atoms with Crippen molar-refractivity contribution in [2.75, 3.05) is 37.2 Å². The Morgan fingerprint density at radius 2 is 1.85 bits per heavy atom. The summed E-state index contributed by atoms with van der Waals surface area (Å²) in [6, 6.07) is 17.8.